The van der Waals surface area contributed by atoms with Crippen molar-refractivity contribution in [2.75, 3.05) is 0 Å². The van der Waals surface area contributed by atoms with Crippen LogP contribution in [0.15, 0.2) is 18.2 Å². The molecule has 0 saturated heterocycles. The van der Waals surface area contributed by atoms with Gasteiger partial charge in [-0.15, -0.1) is 0 Å². The molecule has 6 atom stereocenters. The summed E-state index contributed by atoms with van der Waals surface area (Å²) in [5, 5.41) is 9.82. The minimum Gasteiger partial charge on any atom is -0.508 e. The van der Waals surface area contributed by atoms with Crippen LogP contribution in [0, 0.1) is 23.2 Å². The van der Waals surface area contributed by atoms with Crippen LogP contribution in [0.1, 0.15) is 69.4 Å². The van der Waals surface area contributed by atoms with E-state index < -0.39 is 0 Å². The maximum absolute atomic E-state index is 12.9. The lowest BCUT2D eigenvalue weighted by Gasteiger charge is -2.50. The Morgan fingerprint density at radius 3 is 2.92 bits per heavy atom. The van der Waals surface area contributed by atoms with Crippen molar-refractivity contribution in [1.82, 2.24) is 0 Å². The van der Waals surface area contributed by atoms with E-state index in [1.807, 2.05) is 12.1 Å². The molecule has 136 valence electrons. The molecule has 2 saturated carbocycles. The summed E-state index contributed by atoms with van der Waals surface area (Å²) >= 11 is 0. The largest absolute Gasteiger partial charge is 0.508 e. The molecular weight excluding hydrogens is 310 g/mol. The Kier molecular flexibility index (Phi) is 4.18. The maximum Gasteiger partial charge on any atom is 0.139 e. The molecule has 0 amide bonds. The number of rotatable bonds is 3. The number of nitrogens with two attached hydrogens (primary N) is 1. The van der Waals surface area contributed by atoms with Gasteiger partial charge in [0.15, 0.2) is 0 Å². The number of aromatic hydroxyl groups is 1. The van der Waals surface area contributed by atoms with Crippen LogP contribution in [-0.2, 0) is 11.2 Å². The number of aryl methyl sites for hydroxylation is 1. The van der Waals surface area contributed by atoms with Crippen LogP contribution in [0.2, 0.25) is 0 Å². The van der Waals surface area contributed by atoms with Gasteiger partial charge in [0.1, 0.15) is 11.5 Å². The number of phenols is 1. The van der Waals surface area contributed by atoms with Crippen LogP contribution in [0.5, 0.6) is 5.75 Å². The second-order valence-electron chi connectivity index (χ2n) is 8.92. The van der Waals surface area contributed by atoms with Crippen LogP contribution in [0.3, 0.4) is 0 Å². The van der Waals surface area contributed by atoms with E-state index in [1.54, 1.807) is 0 Å². The minimum atomic E-state index is -0.161. The van der Waals surface area contributed by atoms with Gasteiger partial charge in [0, 0.05) is 17.9 Å². The van der Waals surface area contributed by atoms with Crippen LogP contribution >= 0.6 is 0 Å². The van der Waals surface area contributed by atoms with Crippen molar-refractivity contribution in [3.05, 3.63) is 29.3 Å². The molecule has 0 aromatic heterocycles. The molecular formula is C22H31NO2. The van der Waals surface area contributed by atoms with E-state index in [0.29, 0.717) is 41.6 Å². The highest BCUT2D eigenvalue weighted by Gasteiger charge is 2.59. The highest BCUT2D eigenvalue weighted by Crippen LogP contribution is 2.62. The lowest BCUT2D eigenvalue weighted by Crippen LogP contribution is -2.47. The molecule has 1 aromatic rings. The minimum absolute atomic E-state index is 0.153. The Morgan fingerprint density at radius 1 is 1.36 bits per heavy atom. The first-order valence-electron chi connectivity index (χ1n) is 10.1. The molecule has 1 aromatic carbocycles. The van der Waals surface area contributed by atoms with Gasteiger partial charge >= 0.3 is 0 Å². The first kappa shape index (κ1) is 17.1. The molecule has 0 spiro atoms. The molecule has 0 radical (unpaired) electrons. The Bertz CT molecular complexity index is 685. The summed E-state index contributed by atoms with van der Waals surface area (Å²) in [6, 6.07) is 6.05. The second-order valence-corrected chi connectivity index (χ2v) is 8.92. The number of ketones is 1. The smallest absolute Gasteiger partial charge is 0.139 e. The summed E-state index contributed by atoms with van der Waals surface area (Å²) in [6.45, 7) is 4.41. The van der Waals surface area contributed by atoms with E-state index in [-0.39, 0.29) is 11.5 Å². The Hall–Kier alpha value is -1.35. The molecule has 3 N–H and O–H groups in total. The van der Waals surface area contributed by atoms with E-state index >= 15 is 0 Å². The average molecular weight is 341 g/mol. The zero-order chi connectivity index (χ0) is 17.8. The fourth-order valence-corrected chi connectivity index (χ4v) is 6.47. The number of carbonyl (C=O) groups is 1. The molecule has 0 heterocycles. The summed E-state index contributed by atoms with van der Waals surface area (Å²) in [5.41, 5.74) is 9.13. The number of hydrogen-bond acceptors (Lipinski definition) is 3. The number of hydrogen-bond donors (Lipinski definition) is 2. The molecule has 0 aliphatic heterocycles. The van der Waals surface area contributed by atoms with Crippen LogP contribution in [0.4, 0.5) is 0 Å². The van der Waals surface area contributed by atoms with Gasteiger partial charge in [-0.3, -0.25) is 4.79 Å². The monoisotopic (exact) mass is 341 g/mol. The van der Waals surface area contributed by atoms with Gasteiger partial charge in [-0.05, 0) is 79.0 Å². The Balaban J connectivity index is 1.71. The molecule has 25 heavy (non-hydrogen) atoms. The predicted molar refractivity (Wildman–Crippen MR) is 99.5 cm³/mol. The molecule has 3 nitrogen and oxygen atoms in total. The number of benzene rings is 1. The Labute approximate surface area is 151 Å². The van der Waals surface area contributed by atoms with Crippen molar-refractivity contribution in [2.24, 2.45) is 28.9 Å². The lowest BCUT2D eigenvalue weighted by atomic mass is 9.53. The van der Waals surface area contributed by atoms with Crippen molar-refractivity contribution in [2.45, 2.75) is 70.8 Å². The third-order valence-corrected chi connectivity index (χ3v) is 7.65. The second kappa shape index (κ2) is 6.12. The zero-order valence-electron chi connectivity index (χ0n) is 15.5. The maximum atomic E-state index is 12.9. The number of Topliss-reactive ketones (excluding diaryl/α,β-unsaturated/α-hetero) is 1. The predicted octanol–water partition coefficient (Wildman–Crippen LogP) is 4.17. The van der Waals surface area contributed by atoms with E-state index in [4.69, 9.17) is 5.73 Å². The van der Waals surface area contributed by atoms with Gasteiger partial charge in [-0.2, -0.15) is 0 Å². The molecule has 0 bridgehead atoms. The summed E-state index contributed by atoms with van der Waals surface area (Å²) in [7, 11) is 0. The lowest BCUT2D eigenvalue weighted by molar-refractivity contribution is -0.129. The summed E-state index contributed by atoms with van der Waals surface area (Å²) < 4.78 is 0. The quantitative estimate of drug-likeness (QED) is 0.867. The van der Waals surface area contributed by atoms with Crippen molar-refractivity contribution >= 4 is 5.78 Å². The van der Waals surface area contributed by atoms with E-state index in [1.165, 1.54) is 11.1 Å². The summed E-state index contributed by atoms with van der Waals surface area (Å²) in [4.78, 5) is 12.9. The molecule has 3 heteroatoms. The van der Waals surface area contributed by atoms with Gasteiger partial charge in [-0.25, -0.2) is 0 Å². The summed E-state index contributed by atoms with van der Waals surface area (Å²) in [6.07, 6.45) is 7.03. The average Bonchev–Trinajstić information content (AvgIpc) is 2.86. The highest BCUT2D eigenvalue weighted by atomic mass is 16.3. The molecule has 4 rings (SSSR count). The molecule has 3 aliphatic rings. The standard InChI is InChI=1S/C22H31NO2/c1-3-4-19(23)18-12-20(25)22(2)10-9-16-15-8-6-14(24)11-13(15)5-7-17(16)21(18)22/h6,8,11,16-19,21,24H,3-5,7,9-10,12,23H2,1-2H3/t16-,17-,18-,19?,21-,22-/m1/s1. The fraction of sp³-hybridized carbons (Fsp3) is 0.682. The molecule has 1 unspecified atom stereocenters. The topological polar surface area (TPSA) is 63.3 Å². The van der Waals surface area contributed by atoms with Gasteiger partial charge in [0.2, 0.25) is 0 Å². The summed E-state index contributed by atoms with van der Waals surface area (Å²) in [5.74, 6) is 2.71. The normalized spacial score (nSPS) is 38.0. The van der Waals surface area contributed by atoms with Gasteiger partial charge in [0.05, 0.1) is 0 Å². The van der Waals surface area contributed by atoms with E-state index in [0.717, 1.165) is 38.5 Å². The molecule has 3 aliphatic carbocycles. The first-order valence-corrected chi connectivity index (χ1v) is 10.1. The van der Waals surface area contributed by atoms with E-state index in [2.05, 4.69) is 19.9 Å². The SMILES string of the molecule is CCCC(N)[C@H]1CC(=O)[C@@]2(C)CC[C@@H]3c4ccc(O)cc4CC[C@H]3[C@H]12. The van der Waals surface area contributed by atoms with Crippen LogP contribution < -0.4 is 5.73 Å². The van der Waals surface area contributed by atoms with Crippen LogP contribution in [-0.4, -0.2) is 16.9 Å². The van der Waals surface area contributed by atoms with Crippen molar-refractivity contribution in [3.63, 3.8) is 0 Å². The van der Waals surface area contributed by atoms with Gasteiger partial charge < -0.3 is 10.8 Å². The van der Waals surface area contributed by atoms with E-state index in [9.17, 15) is 9.90 Å². The van der Waals surface area contributed by atoms with Crippen molar-refractivity contribution < 1.29 is 9.90 Å². The zero-order valence-corrected chi connectivity index (χ0v) is 15.5. The number of phenolic OH excluding ortho intramolecular Hbond substituents is 1. The number of fused-ring (bicyclic) bond motifs is 5. The molecule has 2 fully saturated rings. The number of carbonyl (C=O) groups excluding carboxylic acids is 1. The van der Waals surface area contributed by atoms with Gasteiger partial charge in [-0.1, -0.05) is 26.3 Å². The first-order chi connectivity index (χ1) is 12.0. The van der Waals surface area contributed by atoms with Crippen LogP contribution in [0.25, 0.3) is 0 Å². The third kappa shape index (κ3) is 2.54. The van der Waals surface area contributed by atoms with Crippen molar-refractivity contribution in [3.8, 4) is 5.75 Å². The van der Waals surface area contributed by atoms with Gasteiger partial charge in [0.25, 0.3) is 0 Å². The Morgan fingerprint density at radius 2 is 2.16 bits per heavy atom. The fourth-order valence-electron chi connectivity index (χ4n) is 6.47. The third-order valence-electron chi connectivity index (χ3n) is 7.65. The van der Waals surface area contributed by atoms with Crippen molar-refractivity contribution in [1.29, 1.82) is 0 Å². The highest BCUT2D eigenvalue weighted by molar-refractivity contribution is 5.88.